The van der Waals surface area contributed by atoms with Crippen molar-refractivity contribution in [3.63, 3.8) is 0 Å². The molecule has 0 aromatic carbocycles. The zero-order valence-corrected chi connectivity index (χ0v) is 10.5. The van der Waals surface area contributed by atoms with E-state index in [2.05, 4.69) is 4.90 Å². The Morgan fingerprint density at radius 2 is 2.18 bits per heavy atom. The maximum atomic E-state index is 11.9. The summed E-state index contributed by atoms with van der Waals surface area (Å²) < 4.78 is 4.92. The second-order valence-electron chi connectivity index (χ2n) is 6.07. The number of nitrogens with zero attached hydrogens (tertiary/aromatic N) is 1. The Kier molecular flexibility index (Phi) is 2.67. The van der Waals surface area contributed by atoms with Gasteiger partial charge in [0.1, 0.15) is 5.54 Å². The summed E-state index contributed by atoms with van der Waals surface area (Å²) in [5.41, 5.74) is 5.60. The second-order valence-corrected chi connectivity index (χ2v) is 6.07. The van der Waals surface area contributed by atoms with Gasteiger partial charge in [-0.25, -0.2) is 0 Å². The predicted octanol–water partition coefficient (Wildman–Crippen LogP) is 0.751. The van der Waals surface area contributed by atoms with Crippen LogP contribution in [0.4, 0.5) is 0 Å². The molecule has 2 bridgehead atoms. The maximum absolute atomic E-state index is 11.9. The van der Waals surface area contributed by atoms with E-state index in [1.165, 1.54) is 26.4 Å². The second kappa shape index (κ2) is 3.95. The highest BCUT2D eigenvalue weighted by atomic mass is 16.5. The van der Waals surface area contributed by atoms with Gasteiger partial charge in [-0.2, -0.15) is 0 Å². The van der Waals surface area contributed by atoms with Crippen molar-refractivity contribution in [1.29, 1.82) is 0 Å². The molecule has 1 aliphatic heterocycles. The first-order valence-corrected chi connectivity index (χ1v) is 6.75. The zero-order valence-electron chi connectivity index (χ0n) is 10.5. The minimum atomic E-state index is -0.751. The molecule has 96 valence electrons. The molecule has 1 heterocycles. The summed E-state index contributed by atoms with van der Waals surface area (Å²) in [6.45, 7) is 1.83. The van der Waals surface area contributed by atoms with Crippen LogP contribution in [0.25, 0.3) is 0 Å². The van der Waals surface area contributed by atoms with Crippen LogP contribution in [0.15, 0.2) is 0 Å². The molecule has 4 nitrogen and oxygen atoms in total. The molecule has 1 saturated heterocycles. The average molecular weight is 238 g/mol. The van der Waals surface area contributed by atoms with Gasteiger partial charge < -0.3 is 10.5 Å². The summed E-state index contributed by atoms with van der Waals surface area (Å²) in [5, 5.41) is 0. The van der Waals surface area contributed by atoms with Crippen LogP contribution in [0, 0.1) is 11.8 Å². The summed E-state index contributed by atoms with van der Waals surface area (Å²) in [5.74, 6) is 0.970. The predicted molar refractivity (Wildman–Crippen MR) is 64.4 cm³/mol. The number of rotatable bonds is 4. The first kappa shape index (κ1) is 11.5. The summed E-state index contributed by atoms with van der Waals surface area (Å²) >= 11 is 0. The largest absolute Gasteiger partial charge is 0.468 e. The van der Waals surface area contributed by atoms with Crippen molar-refractivity contribution in [2.24, 2.45) is 17.6 Å². The Labute approximate surface area is 102 Å². The van der Waals surface area contributed by atoms with E-state index in [1.54, 1.807) is 0 Å². The van der Waals surface area contributed by atoms with E-state index in [0.29, 0.717) is 18.5 Å². The molecule has 4 heteroatoms. The van der Waals surface area contributed by atoms with Gasteiger partial charge in [-0.05, 0) is 43.9 Å². The highest BCUT2D eigenvalue weighted by Gasteiger charge is 2.52. The summed E-state index contributed by atoms with van der Waals surface area (Å²) in [6.07, 6.45) is 6.11. The number of likely N-dealkylation sites (tertiary alicyclic amines) is 1. The fourth-order valence-corrected chi connectivity index (χ4v) is 3.71. The van der Waals surface area contributed by atoms with Gasteiger partial charge in [0.25, 0.3) is 0 Å². The molecule has 3 atom stereocenters. The van der Waals surface area contributed by atoms with Crippen LogP contribution >= 0.6 is 0 Å². The van der Waals surface area contributed by atoms with Gasteiger partial charge in [0, 0.05) is 19.1 Å². The molecule has 0 spiro atoms. The molecule has 2 aliphatic carbocycles. The molecule has 3 rings (SSSR count). The molecule has 3 unspecified atom stereocenters. The lowest BCUT2D eigenvalue weighted by atomic mass is 9.93. The SMILES string of the molecule is COC(=O)C(N)(CN1CC2CCC1C2)C1CC1. The minimum Gasteiger partial charge on any atom is -0.468 e. The molecule has 2 N–H and O–H groups in total. The van der Waals surface area contributed by atoms with Crippen LogP contribution in [0.5, 0.6) is 0 Å². The summed E-state index contributed by atoms with van der Waals surface area (Å²) in [7, 11) is 1.45. The lowest BCUT2D eigenvalue weighted by Crippen LogP contribution is -2.59. The highest BCUT2D eigenvalue weighted by molar-refractivity contribution is 5.81. The standard InChI is InChI=1S/C13H22N2O2/c1-17-12(16)13(14,10-3-4-10)8-15-7-9-2-5-11(15)6-9/h9-11H,2-8,14H2,1H3. The molecule has 0 aromatic heterocycles. The van der Waals surface area contributed by atoms with Crippen molar-refractivity contribution in [3.05, 3.63) is 0 Å². The number of piperidine rings is 1. The van der Waals surface area contributed by atoms with Crippen LogP contribution in [0.3, 0.4) is 0 Å². The van der Waals surface area contributed by atoms with Crippen molar-refractivity contribution in [1.82, 2.24) is 4.90 Å². The number of methoxy groups -OCH3 is 1. The fourth-order valence-electron chi connectivity index (χ4n) is 3.71. The average Bonchev–Trinajstić information content (AvgIpc) is 3.00. The van der Waals surface area contributed by atoms with E-state index < -0.39 is 5.54 Å². The molecule has 0 aromatic rings. The van der Waals surface area contributed by atoms with Crippen LogP contribution in [0.2, 0.25) is 0 Å². The van der Waals surface area contributed by atoms with Crippen molar-refractivity contribution >= 4 is 5.97 Å². The molecule has 3 aliphatic rings. The van der Waals surface area contributed by atoms with Crippen LogP contribution in [-0.4, -0.2) is 42.6 Å². The lowest BCUT2D eigenvalue weighted by Gasteiger charge is -2.35. The third kappa shape index (κ3) is 1.87. The number of nitrogens with two attached hydrogens (primary N) is 1. The number of fused-ring (bicyclic) bond motifs is 2. The van der Waals surface area contributed by atoms with Crippen molar-refractivity contribution < 1.29 is 9.53 Å². The minimum absolute atomic E-state index is 0.220. The fraction of sp³-hybridized carbons (Fsp3) is 0.923. The van der Waals surface area contributed by atoms with E-state index in [0.717, 1.165) is 25.3 Å². The number of esters is 1. The van der Waals surface area contributed by atoms with Crippen LogP contribution in [0.1, 0.15) is 32.1 Å². The zero-order chi connectivity index (χ0) is 12.0. The third-order valence-corrected chi connectivity index (χ3v) is 4.86. The Bertz CT molecular complexity index is 329. The highest BCUT2D eigenvalue weighted by Crippen LogP contribution is 2.43. The maximum Gasteiger partial charge on any atom is 0.327 e. The Balaban J connectivity index is 1.70. The van der Waals surface area contributed by atoms with Gasteiger partial charge in [0.2, 0.25) is 0 Å². The smallest absolute Gasteiger partial charge is 0.327 e. The van der Waals surface area contributed by atoms with Gasteiger partial charge in [-0.15, -0.1) is 0 Å². The van der Waals surface area contributed by atoms with E-state index >= 15 is 0 Å². The normalized spacial score (nSPS) is 35.9. The van der Waals surface area contributed by atoms with Crippen LogP contribution in [-0.2, 0) is 9.53 Å². The number of carbonyl (C=O) groups excluding carboxylic acids is 1. The lowest BCUT2D eigenvalue weighted by molar-refractivity contribution is -0.149. The van der Waals surface area contributed by atoms with Crippen molar-refractivity contribution in [3.8, 4) is 0 Å². The Morgan fingerprint density at radius 1 is 1.41 bits per heavy atom. The Hall–Kier alpha value is -0.610. The van der Waals surface area contributed by atoms with Gasteiger partial charge in [-0.1, -0.05) is 0 Å². The quantitative estimate of drug-likeness (QED) is 0.734. The molecular formula is C13H22N2O2. The van der Waals surface area contributed by atoms with Crippen LogP contribution < -0.4 is 5.73 Å². The van der Waals surface area contributed by atoms with Gasteiger partial charge in [-0.3, -0.25) is 9.69 Å². The van der Waals surface area contributed by atoms with Gasteiger partial charge in [0.05, 0.1) is 7.11 Å². The third-order valence-electron chi connectivity index (χ3n) is 4.86. The first-order valence-electron chi connectivity index (χ1n) is 6.75. The molecule has 0 amide bonds. The number of ether oxygens (including phenoxy) is 1. The number of carbonyl (C=O) groups is 1. The Morgan fingerprint density at radius 3 is 2.65 bits per heavy atom. The van der Waals surface area contributed by atoms with E-state index in [4.69, 9.17) is 10.5 Å². The summed E-state index contributed by atoms with van der Waals surface area (Å²) in [4.78, 5) is 14.4. The summed E-state index contributed by atoms with van der Waals surface area (Å²) in [6, 6.07) is 0.673. The molecular weight excluding hydrogens is 216 g/mol. The van der Waals surface area contributed by atoms with Crippen molar-refractivity contribution in [2.45, 2.75) is 43.7 Å². The molecule has 0 radical (unpaired) electrons. The molecule has 2 saturated carbocycles. The molecule has 3 fully saturated rings. The van der Waals surface area contributed by atoms with E-state index in [9.17, 15) is 4.79 Å². The van der Waals surface area contributed by atoms with E-state index in [-0.39, 0.29) is 5.97 Å². The monoisotopic (exact) mass is 238 g/mol. The number of hydrogen-bond donors (Lipinski definition) is 1. The first-order chi connectivity index (χ1) is 8.13. The van der Waals surface area contributed by atoms with Gasteiger partial charge in [0.15, 0.2) is 0 Å². The number of hydrogen-bond acceptors (Lipinski definition) is 4. The van der Waals surface area contributed by atoms with Crippen molar-refractivity contribution in [2.75, 3.05) is 20.2 Å². The topological polar surface area (TPSA) is 55.6 Å². The molecule has 17 heavy (non-hydrogen) atoms. The van der Waals surface area contributed by atoms with E-state index in [1.807, 2.05) is 0 Å². The van der Waals surface area contributed by atoms with Gasteiger partial charge >= 0.3 is 5.97 Å².